The van der Waals surface area contributed by atoms with Gasteiger partial charge in [0.15, 0.2) is 0 Å². The summed E-state index contributed by atoms with van der Waals surface area (Å²) in [6.45, 7) is 2.46. The molecule has 1 atom stereocenters. The van der Waals surface area contributed by atoms with Crippen LogP contribution in [0.25, 0.3) is 0 Å². The van der Waals surface area contributed by atoms with E-state index in [1.54, 1.807) is 4.90 Å². The minimum atomic E-state index is -0.857. The van der Waals surface area contributed by atoms with E-state index < -0.39 is 11.4 Å². The van der Waals surface area contributed by atoms with Gasteiger partial charge in [0.2, 0.25) is 0 Å². The van der Waals surface area contributed by atoms with E-state index in [9.17, 15) is 19.1 Å². The SMILES string of the molecule is CCC1(C(=O)O)CCN(C(=O)c2ccc(F)cc2I)C1. The van der Waals surface area contributed by atoms with Gasteiger partial charge in [-0.15, -0.1) is 0 Å². The van der Waals surface area contributed by atoms with Crippen LogP contribution in [-0.4, -0.2) is 35.0 Å². The smallest absolute Gasteiger partial charge is 0.311 e. The van der Waals surface area contributed by atoms with Crippen molar-refractivity contribution < 1.29 is 19.1 Å². The number of rotatable bonds is 3. The van der Waals surface area contributed by atoms with E-state index >= 15 is 0 Å². The van der Waals surface area contributed by atoms with Crippen molar-refractivity contribution in [1.29, 1.82) is 0 Å². The Labute approximate surface area is 130 Å². The van der Waals surface area contributed by atoms with Crippen molar-refractivity contribution in [3.63, 3.8) is 0 Å². The van der Waals surface area contributed by atoms with Crippen LogP contribution in [0, 0.1) is 14.8 Å². The lowest BCUT2D eigenvalue weighted by atomic mass is 9.84. The molecule has 1 heterocycles. The Bertz CT molecular complexity index is 563. The molecule has 0 radical (unpaired) electrons. The van der Waals surface area contributed by atoms with Gasteiger partial charge in [-0.05, 0) is 53.6 Å². The number of nitrogens with zero attached hydrogens (tertiary/aromatic N) is 1. The topological polar surface area (TPSA) is 57.6 Å². The Balaban J connectivity index is 2.21. The van der Waals surface area contributed by atoms with Crippen molar-refractivity contribution >= 4 is 34.5 Å². The fraction of sp³-hybridized carbons (Fsp3) is 0.429. The van der Waals surface area contributed by atoms with E-state index in [1.165, 1.54) is 18.2 Å². The summed E-state index contributed by atoms with van der Waals surface area (Å²) < 4.78 is 13.6. The second-order valence-electron chi connectivity index (χ2n) is 5.04. The molecule has 1 saturated heterocycles. The summed E-state index contributed by atoms with van der Waals surface area (Å²) in [6.07, 6.45) is 0.953. The summed E-state index contributed by atoms with van der Waals surface area (Å²) in [5, 5.41) is 9.34. The van der Waals surface area contributed by atoms with Crippen molar-refractivity contribution in [2.24, 2.45) is 5.41 Å². The van der Waals surface area contributed by atoms with Crippen LogP contribution in [0.1, 0.15) is 30.1 Å². The molecule has 4 nitrogen and oxygen atoms in total. The van der Waals surface area contributed by atoms with Crippen LogP contribution in [-0.2, 0) is 4.79 Å². The molecular weight excluding hydrogens is 376 g/mol. The van der Waals surface area contributed by atoms with Crippen molar-refractivity contribution in [2.45, 2.75) is 19.8 Å². The quantitative estimate of drug-likeness (QED) is 0.807. The highest BCUT2D eigenvalue weighted by molar-refractivity contribution is 14.1. The number of carboxylic acids is 1. The largest absolute Gasteiger partial charge is 0.481 e. The first kappa shape index (κ1) is 15.2. The summed E-state index contributed by atoms with van der Waals surface area (Å²) >= 11 is 1.92. The van der Waals surface area contributed by atoms with Gasteiger partial charge in [-0.25, -0.2) is 4.39 Å². The number of likely N-dealkylation sites (tertiary alicyclic amines) is 1. The molecular formula is C14H15FINO3. The first-order chi connectivity index (χ1) is 9.39. The third-order valence-corrected chi connectivity index (χ3v) is 4.83. The molecule has 1 aromatic rings. The Hall–Kier alpha value is -1.18. The zero-order valence-corrected chi connectivity index (χ0v) is 13.2. The third-order valence-electron chi connectivity index (χ3n) is 3.93. The fourth-order valence-corrected chi connectivity index (χ4v) is 3.20. The summed E-state index contributed by atoms with van der Waals surface area (Å²) in [7, 11) is 0. The second kappa shape index (κ2) is 5.67. The van der Waals surface area contributed by atoms with Gasteiger partial charge in [-0.1, -0.05) is 6.92 Å². The van der Waals surface area contributed by atoms with Gasteiger partial charge in [-0.3, -0.25) is 9.59 Å². The maximum Gasteiger partial charge on any atom is 0.311 e. The van der Waals surface area contributed by atoms with Gasteiger partial charge in [0.25, 0.3) is 5.91 Å². The molecule has 20 heavy (non-hydrogen) atoms. The molecule has 1 aliphatic rings. The second-order valence-corrected chi connectivity index (χ2v) is 6.20. The van der Waals surface area contributed by atoms with Gasteiger partial charge in [0.1, 0.15) is 5.82 Å². The van der Waals surface area contributed by atoms with E-state index in [2.05, 4.69) is 0 Å². The van der Waals surface area contributed by atoms with Crippen LogP contribution in [0.15, 0.2) is 18.2 Å². The average molecular weight is 391 g/mol. The highest BCUT2D eigenvalue weighted by atomic mass is 127. The molecule has 6 heteroatoms. The summed E-state index contributed by atoms with van der Waals surface area (Å²) in [5.41, 5.74) is -0.425. The fourth-order valence-electron chi connectivity index (χ4n) is 2.49. The highest BCUT2D eigenvalue weighted by Crippen LogP contribution is 2.35. The molecule has 1 aliphatic heterocycles. The van der Waals surface area contributed by atoms with Crippen LogP contribution in [0.5, 0.6) is 0 Å². The lowest BCUT2D eigenvalue weighted by Gasteiger charge is -2.23. The van der Waals surface area contributed by atoms with Crippen molar-refractivity contribution in [2.75, 3.05) is 13.1 Å². The monoisotopic (exact) mass is 391 g/mol. The highest BCUT2D eigenvalue weighted by Gasteiger charge is 2.45. The summed E-state index contributed by atoms with van der Waals surface area (Å²) in [4.78, 5) is 25.3. The van der Waals surface area contributed by atoms with E-state index in [-0.39, 0.29) is 18.3 Å². The Morgan fingerprint density at radius 2 is 2.20 bits per heavy atom. The molecule has 0 bridgehead atoms. The number of halogens is 2. The predicted molar refractivity (Wildman–Crippen MR) is 80.0 cm³/mol. The number of benzene rings is 1. The minimum Gasteiger partial charge on any atom is -0.481 e. The molecule has 0 saturated carbocycles. The first-order valence-electron chi connectivity index (χ1n) is 6.37. The number of hydrogen-bond donors (Lipinski definition) is 1. The van der Waals surface area contributed by atoms with E-state index in [0.29, 0.717) is 28.5 Å². The van der Waals surface area contributed by atoms with E-state index in [4.69, 9.17) is 0 Å². The normalized spacial score (nSPS) is 22.1. The standard InChI is InChI=1S/C14H15FINO3/c1-2-14(13(19)20)5-6-17(8-14)12(18)10-4-3-9(15)7-11(10)16/h3-4,7H,2,5-6,8H2,1H3,(H,19,20). The summed E-state index contributed by atoms with van der Waals surface area (Å²) in [5.74, 6) is -1.48. The van der Waals surface area contributed by atoms with Crippen molar-refractivity contribution in [3.8, 4) is 0 Å². The van der Waals surface area contributed by atoms with Crippen LogP contribution in [0.2, 0.25) is 0 Å². The molecule has 0 spiro atoms. The molecule has 108 valence electrons. The van der Waals surface area contributed by atoms with Crippen molar-refractivity contribution in [3.05, 3.63) is 33.1 Å². The number of hydrogen-bond acceptors (Lipinski definition) is 2. The average Bonchev–Trinajstić information content (AvgIpc) is 2.83. The number of amides is 1. The van der Waals surface area contributed by atoms with Gasteiger partial charge in [0.05, 0.1) is 11.0 Å². The molecule has 1 aromatic carbocycles. The Morgan fingerprint density at radius 3 is 2.70 bits per heavy atom. The van der Waals surface area contributed by atoms with Crippen molar-refractivity contribution in [1.82, 2.24) is 4.90 Å². The Kier molecular flexibility index (Phi) is 4.31. The molecule has 0 aromatic heterocycles. The third kappa shape index (κ3) is 2.65. The summed E-state index contributed by atoms with van der Waals surface area (Å²) in [6, 6.07) is 4.00. The molecule has 1 N–H and O–H groups in total. The Morgan fingerprint density at radius 1 is 1.50 bits per heavy atom. The van der Waals surface area contributed by atoms with E-state index in [0.717, 1.165) is 0 Å². The van der Waals surface area contributed by atoms with Crippen LogP contribution in [0.3, 0.4) is 0 Å². The lowest BCUT2D eigenvalue weighted by Crippen LogP contribution is -2.36. The van der Waals surface area contributed by atoms with Crippen LogP contribution >= 0.6 is 22.6 Å². The number of carboxylic acid groups (broad SMARTS) is 1. The van der Waals surface area contributed by atoms with Gasteiger partial charge >= 0.3 is 5.97 Å². The lowest BCUT2D eigenvalue weighted by molar-refractivity contribution is -0.148. The number of carbonyl (C=O) groups excluding carboxylic acids is 1. The van der Waals surface area contributed by atoms with E-state index in [1.807, 2.05) is 29.5 Å². The predicted octanol–water partition coefficient (Wildman–Crippen LogP) is 2.76. The maximum absolute atomic E-state index is 13.1. The number of aliphatic carboxylic acids is 1. The van der Waals surface area contributed by atoms with Crippen LogP contribution in [0.4, 0.5) is 4.39 Å². The number of carbonyl (C=O) groups is 2. The molecule has 1 fully saturated rings. The minimum absolute atomic E-state index is 0.213. The zero-order chi connectivity index (χ0) is 14.9. The van der Waals surface area contributed by atoms with Crippen LogP contribution < -0.4 is 0 Å². The zero-order valence-electron chi connectivity index (χ0n) is 11.0. The van der Waals surface area contributed by atoms with Gasteiger partial charge in [0, 0.05) is 16.7 Å². The molecule has 1 unspecified atom stereocenters. The molecule has 2 rings (SSSR count). The first-order valence-corrected chi connectivity index (χ1v) is 7.45. The van der Waals surface area contributed by atoms with Gasteiger partial charge < -0.3 is 10.0 Å². The van der Waals surface area contributed by atoms with Gasteiger partial charge in [-0.2, -0.15) is 0 Å². The molecule has 1 amide bonds. The maximum atomic E-state index is 13.1. The molecule has 0 aliphatic carbocycles.